The maximum atomic E-state index is 10.1. The van der Waals surface area contributed by atoms with E-state index in [9.17, 15) is 10.0 Å². The Morgan fingerprint density at radius 2 is 1.23 bits per heavy atom. The fourth-order valence-electron chi connectivity index (χ4n) is 6.11. The molecule has 1 aromatic heterocycles. The summed E-state index contributed by atoms with van der Waals surface area (Å²) in [5.41, 5.74) is 4.17. The molecule has 166 valence electrons. The molecule has 5 aromatic carbocycles. The minimum absolute atomic E-state index is 0.515. The van der Waals surface area contributed by atoms with E-state index in [1.165, 1.54) is 43.1 Å². The van der Waals surface area contributed by atoms with E-state index in [0.717, 1.165) is 5.19 Å². The number of rotatable bonds is 3. The molecule has 0 saturated heterocycles. The molecule has 2 heterocycles. The summed E-state index contributed by atoms with van der Waals surface area (Å²) in [5, 5.41) is 27.7. The molecule has 5 heteroatoms. The van der Waals surface area contributed by atoms with Crippen molar-refractivity contribution in [3.8, 4) is 5.69 Å². The highest BCUT2D eigenvalue weighted by Gasteiger charge is 2.47. The minimum atomic E-state index is -2.79. The summed E-state index contributed by atoms with van der Waals surface area (Å²) in [4.78, 5) is 0. The van der Waals surface area contributed by atoms with Gasteiger partial charge < -0.3 is 14.6 Å². The van der Waals surface area contributed by atoms with Crippen LogP contribution in [0.1, 0.15) is 0 Å². The van der Waals surface area contributed by atoms with Crippen LogP contribution in [0.15, 0.2) is 121 Å². The van der Waals surface area contributed by atoms with Crippen molar-refractivity contribution in [2.75, 3.05) is 0 Å². The van der Waals surface area contributed by atoms with Crippen LogP contribution < -0.4 is 26.2 Å². The summed E-state index contributed by atoms with van der Waals surface area (Å²) in [6.45, 7) is 0. The van der Waals surface area contributed by atoms with Crippen LogP contribution in [0, 0.1) is 0 Å². The Labute approximate surface area is 204 Å². The molecule has 0 fully saturated rings. The zero-order valence-electron chi connectivity index (χ0n) is 19.0. The summed E-state index contributed by atoms with van der Waals surface area (Å²) < 4.78 is 2.42. The third-order valence-electron chi connectivity index (χ3n) is 7.47. The Bertz CT molecular complexity index is 1740. The van der Waals surface area contributed by atoms with Crippen LogP contribution in [0.5, 0.6) is 0 Å². The van der Waals surface area contributed by atoms with E-state index in [4.69, 9.17) is 0 Å². The Morgan fingerprint density at radius 3 is 2.09 bits per heavy atom. The molecular weight excluding hydrogens is 445 g/mol. The van der Waals surface area contributed by atoms with Gasteiger partial charge in [0, 0.05) is 16.5 Å². The molecule has 1 aliphatic rings. The van der Waals surface area contributed by atoms with Crippen LogP contribution in [-0.4, -0.2) is 29.8 Å². The third-order valence-corrected chi connectivity index (χ3v) is 12.3. The first kappa shape index (κ1) is 20.5. The zero-order chi connectivity index (χ0) is 23.6. The van der Waals surface area contributed by atoms with E-state index in [-0.39, 0.29) is 0 Å². The molecule has 0 bridgehead atoms. The van der Waals surface area contributed by atoms with Gasteiger partial charge in [-0.15, -0.1) is 0 Å². The minimum Gasteiger partial charge on any atom is -0.423 e. The Kier molecular flexibility index (Phi) is 4.42. The van der Waals surface area contributed by atoms with Crippen LogP contribution in [0.2, 0.25) is 0 Å². The lowest BCUT2D eigenvalue weighted by molar-refractivity contribution is 0.426. The van der Waals surface area contributed by atoms with Crippen LogP contribution in [0.25, 0.3) is 27.5 Å². The number of fused-ring (bicyclic) bond motifs is 5. The van der Waals surface area contributed by atoms with Gasteiger partial charge in [-0.25, -0.2) is 0 Å². The molecule has 3 nitrogen and oxygen atoms in total. The number of para-hydroxylation sites is 3. The van der Waals surface area contributed by atoms with Crippen molar-refractivity contribution in [2.45, 2.75) is 0 Å². The van der Waals surface area contributed by atoms with Gasteiger partial charge in [-0.1, -0.05) is 109 Å². The molecule has 1 atom stereocenters. The fraction of sp³-hybridized carbons (Fsp3) is 0. The van der Waals surface area contributed by atoms with E-state index in [1.807, 2.05) is 12.1 Å². The Morgan fingerprint density at radius 1 is 0.571 bits per heavy atom. The van der Waals surface area contributed by atoms with Crippen LogP contribution >= 0.6 is 0 Å². The number of benzene rings is 5. The van der Waals surface area contributed by atoms with Gasteiger partial charge in [-0.3, -0.25) is 0 Å². The van der Waals surface area contributed by atoms with Gasteiger partial charge in [0.05, 0.1) is 11.0 Å². The first-order valence-electron chi connectivity index (χ1n) is 11.9. The van der Waals surface area contributed by atoms with Gasteiger partial charge in [0.2, 0.25) is 0 Å². The van der Waals surface area contributed by atoms with E-state index in [2.05, 4.69) is 108 Å². The third kappa shape index (κ3) is 2.68. The number of nitrogens with zero attached hydrogens (tertiary/aromatic N) is 1. The van der Waals surface area contributed by atoms with Gasteiger partial charge in [0.15, 0.2) is 8.07 Å². The molecule has 0 spiro atoms. The van der Waals surface area contributed by atoms with Crippen LogP contribution in [-0.2, 0) is 0 Å². The van der Waals surface area contributed by atoms with Crippen molar-refractivity contribution in [1.82, 2.24) is 4.57 Å². The molecule has 6 aromatic rings. The van der Waals surface area contributed by atoms with Gasteiger partial charge in [-0.2, -0.15) is 0 Å². The first-order valence-corrected chi connectivity index (χ1v) is 13.9. The number of hydrogen-bond acceptors (Lipinski definition) is 2. The maximum Gasteiger partial charge on any atom is 0.488 e. The van der Waals surface area contributed by atoms with E-state index in [0.29, 0.717) is 5.46 Å². The lowest BCUT2D eigenvalue weighted by Gasteiger charge is -2.40. The summed E-state index contributed by atoms with van der Waals surface area (Å²) in [5.74, 6) is 0. The quantitative estimate of drug-likeness (QED) is 0.392. The smallest absolute Gasteiger partial charge is 0.423 e. The van der Waals surface area contributed by atoms with E-state index >= 15 is 0 Å². The lowest BCUT2D eigenvalue weighted by Crippen LogP contribution is -2.77. The van der Waals surface area contributed by atoms with Gasteiger partial charge >= 0.3 is 7.12 Å². The van der Waals surface area contributed by atoms with Crippen molar-refractivity contribution in [3.05, 3.63) is 121 Å². The molecule has 0 amide bonds. The second-order valence-corrected chi connectivity index (χ2v) is 12.9. The number of aromatic nitrogens is 1. The van der Waals surface area contributed by atoms with Crippen molar-refractivity contribution < 1.29 is 10.0 Å². The number of hydrogen-bond donors (Lipinski definition) is 2. The topological polar surface area (TPSA) is 45.4 Å². The lowest BCUT2D eigenvalue weighted by atomic mass is 9.80. The normalized spacial score (nSPS) is 16.4. The van der Waals surface area contributed by atoms with E-state index < -0.39 is 15.2 Å². The van der Waals surface area contributed by atoms with Crippen molar-refractivity contribution in [1.29, 1.82) is 0 Å². The monoisotopic (exact) mass is 467 g/mol. The SMILES string of the molecule is OB(O)c1cccc([Si]2(c3ccccc3)c3ccccc3-n3c4ccccc4c4cccc2c43)c1. The van der Waals surface area contributed by atoms with Crippen LogP contribution in [0.4, 0.5) is 0 Å². The van der Waals surface area contributed by atoms with Crippen molar-refractivity contribution >= 4 is 63.2 Å². The maximum absolute atomic E-state index is 10.1. The zero-order valence-corrected chi connectivity index (χ0v) is 20.0. The molecule has 2 N–H and O–H groups in total. The molecule has 1 unspecified atom stereocenters. The fourth-order valence-corrected chi connectivity index (χ4v) is 11.3. The van der Waals surface area contributed by atoms with Crippen LogP contribution in [0.3, 0.4) is 0 Å². The van der Waals surface area contributed by atoms with Gasteiger partial charge in [0.25, 0.3) is 0 Å². The summed E-state index contributed by atoms with van der Waals surface area (Å²) >= 11 is 0. The molecule has 0 radical (unpaired) electrons. The second kappa shape index (κ2) is 7.55. The molecule has 0 aliphatic carbocycles. The van der Waals surface area contributed by atoms with Gasteiger partial charge in [0.1, 0.15) is 0 Å². The molecule has 1 aliphatic heterocycles. The predicted molar refractivity (Wildman–Crippen MR) is 148 cm³/mol. The highest BCUT2D eigenvalue weighted by Crippen LogP contribution is 2.34. The standard InChI is InChI=1S/C30H22BNO2Si/c33-31(34)21-10-8-13-23(20-21)35(22-11-2-1-3-12-22)28-18-7-6-17-27(28)32-26-16-5-4-14-24(26)25-15-9-19-29(35)30(25)32/h1-20,33-34H. The average molecular weight is 467 g/mol. The first-order chi connectivity index (χ1) is 17.2. The van der Waals surface area contributed by atoms with Crippen molar-refractivity contribution in [2.24, 2.45) is 0 Å². The largest absolute Gasteiger partial charge is 0.488 e. The van der Waals surface area contributed by atoms with Gasteiger partial charge in [-0.05, 0) is 38.3 Å². The van der Waals surface area contributed by atoms with E-state index in [1.54, 1.807) is 6.07 Å². The second-order valence-electron chi connectivity index (χ2n) is 9.19. The average Bonchev–Trinajstić information content (AvgIpc) is 3.26. The molecule has 7 rings (SSSR count). The summed E-state index contributed by atoms with van der Waals surface area (Å²) in [7, 11) is -4.31. The molecule has 35 heavy (non-hydrogen) atoms. The summed E-state index contributed by atoms with van der Waals surface area (Å²) in [6, 6.07) is 42.7. The van der Waals surface area contributed by atoms with Crippen molar-refractivity contribution in [3.63, 3.8) is 0 Å². The highest BCUT2D eigenvalue weighted by molar-refractivity contribution is 7.21. The molecular formula is C30H22BNO2Si. The molecule has 0 saturated carbocycles. The highest BCUT2D eigenvalue weighted by atomic mass is 28.3. The predicted octanol–water partition coefficient (Wildman–Crippen LogP) is 2.15. The Hall–Kier alpha value is -3.90. The summed E-state index contributed by atoms with van der Waals surface area (Å²) in [6.07, 6.45) is 0. The Balaban J connectivity index is 1.75.